The first-order valence-electron chi connectivity index (χ1n) is 5.27. The average Bonchev–Trinajstić information content (AvgIpc) is 3.00. The van der Waals surface area contributed by atoms with Crippen molar-refractivity contribution in [2.24, 2.45) is 5.92 Å². The number of ether oxygens (including phenoxy) is 1. The van der Waals surface area contributed by atoms with Gasteiger partial charge in [-0.1, -0.05) is 17.7 Å². The van der Waals surface area contributed by atoms with Gasteiger partial charge in [0.2, 0.25) is 9.05 Å². The third-order valence-electron chi connectivity index (χ3n) is 2.51. The highest BCUT2D eigenvalue weighted by molar-refractivity contribution is 8.13. The third kappa shape index (κ3) is 4.37. The summed E-state index contributed by atoms with van der Waals surface area (Å²) >= 11 is 5.96. The van der Waals surface area contributed by atoms with E-state index in [2.05, 4.69) is 0 Å². The normalized spacial score (nSPS) is 15.9. The second-order valence-corrected chi connectivity index (χ2v) is 7.39. The summed E-state index contributed by atoms with van der Waals surface area (Å²) in [6, 6.07) is 4.89. The highest BCUT2D eigenvalue weighted by Crippen LogP contribution is 2.32. The van der Waals surface area contributed by atoms with E-state index in [-0.39, 0.29) is 5.75 Å². The molecule has 0 bridgehead atoms. The van der Waals surface area contributed by atoms with Crippen LogP contribution in [0.15, 0.2) is 18.2 Å². The SMILES string of the molecule is O=S(=O)(Cl)Cc1ccc(Cl)c(OCC2CC2)c1. The second-order valence-electron chi connectivity index (χ2n) is 4.20. The zero-order valence-electron chi connectivity index (χ0n) is 9.03. The number of benzene rings is 1. The van der Waals surface area contributed by atoms with Crippen LogP contribution in [0.25, 0.3) is 0 Å². The maximum Gasteiger partial charge on any atom is 0.236 e. The lowest BCUT2D eigenvalue weighted by atomic mass is 10.2. The minimum atomic E-state index is -3.55. The Bertz CT molecular complexity index is 509. The molecule has 2 rings (SSSR count). The largest absolute Gasteiger partial charge is 0.492 e. The number of rotatable bonds is 5. The molecule has 1 saturated carbocycles. The van der Waals surface area contributed by atoms with Gasteiger partial charge in [-0.25, -0.2) is 8.42 Å². The number of hydrogen-bond acceptors (Lipinski definition) is 3. The van der Waals surface area contributed by atoms with Gasteiger partial charge in [-0.05, 0) is 36.5 Å². The van der Waals surface area contributed by atoms with Crippen LogP contribution in [0, 0.1) is 5.92 Å². The van der Waals surface area contributed by atoms with E-state index in [4.69, 9.17) is 27.0 Å². The Morgan fingerprint density at radius 2 is 2.06 bits per heavy atom. The summed E-state index contributed by atoms with van der Waals surface area (Å²) in [6.07, 6.45) is 2.38. The Labute approximate surface area is 110 Å². The topological polar surface area (TPSA) is 43.4 Å². The summed E-state index contributed by atoms with van der Waals surface area (Å²) in [5.74, 6) is 0.925. The lowest BCUT2D eigenvalue weighted by molar-refractivity contribution is 0.300. The molecular weight excluding hydrogens is 283 g/mol. The first-order chi connectivity index (χ1) is 7.94. The fraction of sp³-hybridized carbons (Fsp3) is 0.455. The lowest BCUT2D eigenvalue weighted by Gasteiger charge is -2.08. The Morgan fingerprint density at radius 1 is 1.35 bits per heavy atom. The highest BCUT2D eigenvalue weighted by atomic mass is 35.7. The van der Waals surface area contributed by atoms with Gasteiger partial charge in [0.25, 0.3) is 0 Å². The van der Waals surface area contributed by atoms with E-state index in [0.717, 1.165) is 0 Å². The predicted octanol–water partition coefficient (Wildman–Crippen LogP) is 3.20. The van der Waals surface area contributed by atoms with Crippen LogP contribution in [-0.4, -0.2) is 15.0 Å². The molecule has 1 fully saturated rings. The molecule has 0 aliphatic heterocycles. The summed E-state index contributed by atoms with van der Waals surface area (Å²) < 4.78 is 27.5. The van der Waals surface area contributed by atoms with Crippen LogP contribution in [-0.2, 0) is 14.8 Å². The first-order valence-corrected chi connectivity index (χ1v) is 8.13. The standard InChI is InChI=1S/C11H12Cl2O3S/c12-10-4-3-9(7-17(13,14)15)5-11(10)16-6-8-1-2-8/h3-5,8H,1-2,6-7H2. The molecule has 1 aliphatic carbocycles. The van der Waals surface area contributed by atoms with E-state index in [1.807, 2.05) is 0 Å². The van der Waals surface area contributed by atoms with Gasteiger partial charge < -0.3 is 4.74 Å². The molecular formula is C11H12Cl2O3S. The van der Waals surface area contributed by atoms with Crippen molar-refractivity contribution >= 4 is 31.3 Å². The minimum absolute atomic E-state index is 0.217. The van der Waals surface area contributed by atoms with Crippen LogP contribution >= 0.6 is 22.3 Å². The molecule has 1 aromatic rings. The summed E-state index contributed by atoms with van der Waals surface area (Å²) in [7, 11) is 1.64. The van der Waals surface area contributed by atoms with Crippen molar-refractivity contribution in [3.05, 3.63) is 28.8 Å². The van der Waals surface area contributed by atoms with Gasteiger partial charge in [0, 0.05) is 10.7 Å². The van der Waals surface area contributed by atoms with E-state index in [0.29, 0.717) is 28.9 Å². The van der Waals surface area contributed by atoms with Gasteiger partial charge in [0.05, 0.1) is 17.4 Å². The molecule has 3 nitrogen and oxygen atoms in total. The summed E-state index contributed by atoms with van der Waals surface area (Å²) in [4.78, 5) is 0. The predicted molar refractivity (Wildman–Crippen MR) is 68.1 cm³/mol. The Morgan fingerprint density at radius 3 is 2.65 bits per heavy atom. The smallest absolute Gasteiger partial charge is 0.236 e. The fourth-order valence-corrected chi connectivity index (χ4v) is 2.57. The second kappa shape index (κ2) is 5.04. The number of hydrogen-bond donors (Lipinski definition) is 0. The molecule has 0 aromatic heterocycles. The molecule has 6 heteroatoms. The van der Waals surface area contributed by atoms with E-state index >= 15 is 0 Å². The van der Waals surface area contributed by atoms with Crippen LogP contribution in [0.1, 0.15) is 18.4 Å². The Kier molecular flexibility index (Phi) is 3.85. The molecule has 1 aromatic carbocycles. The van der Waals surface area contributed by atoms with Crippen LogP contribution in [0.2, 0.25) is 5.02 Å². The van der Waals surface area contributed by atoms with Gasteiger partial charge in [-0.2, -0.15) is 0 Å². The fourth-order valence-electron chi connectivity index (χ4n) is 1.44. The van der Waals surface area contributed by atoms with E-state index < -0.39 is 9.05 Å². The van der Waals surface area contributed by atoms with Crippen molar-refractivity contribution in [3.63, 3.8) is 0 Å². The van der Waals surface area contributed by atoms with Crippen LogP contribution < -0.4 is 4.74 Å². The molecule has 94 valence electrons. The molecule has 0 N–H and O–H groups in total. The maximum atomic E-state index is 11.0. The van der Waals surface area contributed by atoms with Gasteiger partial charge in [-0.15, -0.1) is 0 Å². The van der Waals surface area contributed by atoms with Crippen LogP contribution in [0.4, 0.5) is 0 Å². The van der Waals surface area contributed by atoms with Crippen molar-refractivity contribution in [2.75, 3.05) is 6.61 Å². The Hall–Kier alpha value is -0.450. The molecule has 0 unspecified atom stereocenters. The monoisotopic (exact) mass is 294 g/mol. The zero-order chi connectivity index (χ0) is 12.5. The third-order valence-corrected chi connectivity index (χ3v) is 3.82. The minimum Gasteiger partial charge on any atom is -0.492 e. The van der Waals surface area contributed by atoms with Gasteiger partial charge in [0.1, 0.15) is 5.75 Å². The summed E-state index contributed by atoms with van der Waals surface area (Å²) in [6.45, 7) is 0.636. The van der Waals surface area contributed by atoms with Crippen molar-refractivity contribution in [1.82, 2.24) is 0 Å². The van der Waals surface area contributed by atoms with E-state index in [1.165, 1.54) is 12.8 Å². The molecule has 0 heterocycles. The van der Waals surface area contributed by atoms with Crippen molar-refractivity contribution < 1.29 is 13.2 Å². The average molecular weight is 295 g/mol. The zero-order valence-corrected chi connectivity index (χ0v) is 11.4. The van der Waals surface area contributed by atoms with Gasteiger partial charge >= 0.3 is 0 Å². The molecule has 0 spiro atoms. The number of halogens is 2. The van der Waals surface area contributed by atoms with Crippen LogP contribution in [0.3, 0.4) is 0 Å². The van der Waals surface area contributed by atoms with Crippen molar-refractivity contribution in [3.8, 4) is 5.75 Å². The molecule has 0 atom stereocenters. The molecule has 0 saturated heterocycles. The lowest BCUT2D eigenvalue weighted by Crippen LogP contribution is -2.01. The first kappa shape index (κ1) is 13.0. The van der Waals surface area contributed by atoms with Gasteiger partial charge in [0.15, 0.2) is 0 Å². The Balaban J connectivity index is 2.10. The van der Waals surface area contributed by atoms with E-state index in [9.17, 15) is 8.42 Å². The summed E-state index contributed by atoms with van der Waals surface area (Å²) in [5, 5.41) is 0.487. The molecule has 0 radical (unpaired) electrons. The quantitative estimate of drug-likeness (QED) is 0.783. The molecule has 0 amide bonds. The highest BCUT2D eigenvalue weighted by Gasteiger charge is 2.22. The maximum absolute atomic E-state index is 11.0. The van der Waals surface area contributed by atoms with E-state index in [1.54, 1.807) is 18.2 Å². The van der Waals surface area contributed by atoms with Crippen molar-refractivity contribution in [2.45, 2.75) is 18.6 Å². The molecule has 1 aliphatic rings. The van der Waals surface area contributed by atoms with Crippen molar-refractivity contribution in [1.29, 1.82) is 0 Å². The summed E-state index contributed by atoms with van der Waals surface area (Å²) in [5.41, 5.74) is 0.579. The van der Waals surface area contributed by atoms with Crippen LogP contribution in [0.5, 0.6) is 5.75 Å². The molecule has 17 heavy (non-hydrogen) atoms. The van der Waals surface area contributed by atoms with Gasteiger partial charge in [-0.3, -0.25) is 0 Å².